The Morgan fingerprint density at radius 2 is 1.66 bits per heavy atom. The van der Waals surface area contributed by atoms with Crippen molar-refractivity contribution in [2.45, 2.75) is 36.3 Å². The maximum atomic E-state index is 11.3. The monoisotopic (exact) mass is 448 g/mol. The van der Waals surface area contributed by atoms with E-state index in [2.05, 4.69) is 58.3 Å². The number of likely N-dealkylation sites (tertiary alicyclic amines) is 2. The van der Waals surface area contributed by atoms with Crippen LogP contribution in [0.4, 0.5) is 0 Å². The largest absolute Gasteiger partial charge is 0.481 e. The van der Waals surface area contributed by atoms with Crippen LogP contribution in [0, 0.1) is 5.92 Å². The Morgan fingerprint density at radius 1 is 0.938 bits per heavy atom. The molecule has 2 saturated heterocycles. The molecular weight excluding hydrogens is 416 g/mol. The van der Waals surface area contributed by atoms with Crippen molar-refractivity contribution < 1.29 is 9.90 Å². The van der Waals surface area contributed by atoms with Gasteiger partial charge in [0.25, 0.3) is 0 Å². The molecule has 4 nitrogen and oxygen atoms in total. The zero-order valence-electron chi connectivity index (χ0n) is 18.6. The van der Waals surface area contributed by atoms with E-state index in [1.165, 1.54) is 27.2 Å². The molecule has 0 spiro atoms. The molecule has 1 N–H and O–H groups in total. The molecule has 0 radical (unpaired) electrons. The van der Waals surface area contributed by atoms with Crippen LogP contribution < -0.4 is 0 Å². The number of hydrogen-bond acceptors (Lipinski definition) is 4. The van der Waals surface area contributed by atoms with E-state index in [1.54, 1.807) is 5.57 Å². The predicted octanol–water partition coefficient (Wildman–Crippen LogP) is 4.99. The maximum Gasteiger partial charge on any atom is 0.307 e. The molecule has 3 heterocycles. The molecular formula is C27H32N2O2S. The molecule has 0 amide bonds. The third kappa shape index (κ3) is 4.66. The van der Waals surface area contributed by atoms with Gasteiger partial charge < -0.3 is 14.9 Å². The van der Waals surface area contributed by atoms with Crippen LogP contribution in [0.15, 0.2) is 59.0 Å². The van der Waals surface area contributed by atoms with Gasteiger partial charge in [0, 0.05) is 43.4 Å². The number of carbonyl (C=O) groups is 1. The number of hydrogen-bond donors (Lipinski definition) is 1. The van der Waals surface area contributed by atoms with Crippen LogP contribution in [-0.4, -0.2) is 60.1 Å². The highest BCUT2D eigenvalue weighted by molar-refractivity contribution is 7.98. The van der Waals surface area contributed by atoms with Crippen molar-refractivity contribution >= 4 is 23.3 Å². The van der Waals surface area contributed by atoms with E-state index in [9.17, 15) is 9.90 Å². The number of benzene rings is 2. The van der Waals surface area contributed by atoms with Crippen LogP contribution in [0.3, 0.4) is 0 Å². The first-order chi connectivity index (χ1) is 15.7. The number of carboxylic acid groups (broad SMARTS) is 1. The first-order valence-corrected chi connectivity index (χ1v) is 12.9. The highest BCUT2D eigenvalue weighted by Crippen LogP contribution is 2.43. The maximum absolute atomic E-state index is 11.3. The van der Waals surface area contributed by atoms with Crippen molar-refractivity contribution in [3.63, 3.8) is 0 Å². The van der Waals surface area contributed by atoms with E-state index in [4.69, 9.17) is 0 Å². The molecule has 2 aromatic rings. The van der Waals surface area contributed by atoms with Crippen LogP contribution in [0.2, 0.25) is 0 Å². The minimum Gasteiger partial charge on any atom is -0.481 e. The molecule has 5 heteroatoms. The number of aliphatic carboxylic acids is 1. The van der Waals surface area contributed by atoms with Crippen LogP contribution in [0.1, 0.15) is 42.4 Å². The number of carboxylic acids is 1. The fraction of sp³-hybridized carbons (Fsp3) is 0.444. The smallest absolute Gasteiger partial charge is 0.307 e. The molecule has 32 heavy (non-hydrogen) atoms. The van der Waals surface area contributed by atoms with Crippen molar-refractivity contribution in [3.05, 3.63) is 70.8 Å². The quantitative estimate of drug-likeness (QED) is 0.714. The summed E-state index contributed by atoms with van der Waals surface area (Å²) in [5, 5.41) is 9.34. The second-order valence-corrected chi connectivity index (χ2v) is 10.3. The summed E-state index contributed by atoms with van der Waals surface area (Å²) in [4.78, 5) is 17.7. The zero-order valence-corrected chi connectivity index (χ0v) is 19.4. The first kappa shape index (κ1) is 21.7. The second kappa shape index (κ2) is 9.82. The van der Waals surface area contributed by atoms with Gasteiger partial charge in [0.1, 0.15) is 0 Å². The van der Waals surface area contributed by atoms with Crippen molar-refractivity contribution in [1.29, 1.82) is 0 Å². The molecule has 2 aromatic carbocycles. The van der Waals surface area contributed by atoms with Gasteiger partial charge in [-0.05, 0) is 60.6 Å². The Kier molecular flexibility index (Phi) is 6.67. The number of rotatable bonds is 4. The van der Waals surface area contributed by atoms with Crippen LogP contribution in [0.5, 0.6) is 0 Å². The molecule has 0 saturated carbocycles. The average molecular weight is 449 g/mol. The van der Waals surface area contributed by atoms with Crippen molar-refractivity contribution in [2.75, 3.05) is 39.3 Å². The van der Waals surface area contributed by atoms with E-state index < -0.39 is 5.97 Å². The molecule has 0 aliphatic carbocycles. The molecule has 0 aromatic heterocycles. The molecule has 5 rings (SSSR count). The minimum absolute atomic E-state index is 0.185. The lowest BCUT2D eigenvalue weighted by Crippen LogP contribution is -2.43. The SMILES string of the molecule is O=C(O)[C@@H]1CCCN(CCN2CCC(=C3c4ccccc4CSc4ccccc43)CC2)C1. The lowest BCUT2D eigenvalue weighted by atomic mass is 9.86. The molecule has 3 aliphatic rings. The molecule has 0 bridgehead atoms. The summed E-state index contributed by atoms with van der Waals surface area (Å²) in [5.41, 5.74) is 7.32. The Balaban J connectivity index is 1.29. The van der Waals surface area contributed by atoms with Gasteiger partial charge in [-0.1, -0.05) is 48.0 Å². The molecule has 0 unspecified atom stereocenters. The Hall–Kier alpha value is -2.08. The standard InChI is InChI=1S/C27H32N2O2S/c30-27(31)21-7-5-13-29(18-21)17-16-28-14-11-20(12-15-28)26-23-8-2-1-6-22(23)19-32-25-10-4-3-9-24(25)26/h1-4,6,8-10,21H,5,7,11-19H2,(H,30,31)/t21-/m1/s1. The molecule has 3 aliphatic heterocycles. The summed E-state index contributed by atoms with van der Waals surface area (Å²) >= 11 is 1.95. The first-order valence-electron chi connectivity index (χ1n) is 11.9. The average Bonchev–Trinajstić information content (AvgIpc) is 3.00. The summed E-state index contributed by atoms with van der Waals surface area (Å²) in [7, 11) is 0. The summed E-state index contributed by atoms with van der Waals surface area (Å²) in [6.45, 7) is 5.96. The number of thioether (sulfide) groups is 1. The summed E-state index contributed by atoms with van der Waals surface area (Å²) < 4.78 is 0. The van der Waals surface area contributed by atoms with Gasteiger partial charge in [0.05, 0.1) is 5.92 Å². The van der Waals surface area contributed by atoms with Gasteiger partial charge in [0.2, 0.25) is 0 Å². The van der Waals surface area contributed by atoms with E-state index in [0.717, 1.165) is 64.2 Å². The molecule has 168 valence electrons. The summed E-state index contributed by atoms with van der Waals surface area (Å²) in [6.07, 6.45) is 4.05. The van der Waals surface area contributed by atoms with E-state index in [-0.39, 0.29) is 5.92 Å². The second-order valence-electron chi connectivity index (χ2n) is 9.24. The Labute approximate surface area is 195 Å². The van der Waals surface area contributed by atoms with E-state index >= 15 is 0 Å². The lowest BCUT2D eigenvalue weighted by molar-refractivity contribution is -0.143. The summed E-state index contributed by atoms with van der Waals surface area (Å²) in [5.74, 6) is 0.212. The van der Waals surface area contributed by atoms with Crippen LogP contribution in [0.25, 0.3) is 5.57 Å². The van der Waals surface area contributed by atoms with Gasteiger partial charge in [-0.2, -0.15) is 0 Å². The minimum atomic E-state index is -0.633. The lowest BCUT2D eigenvalue weighted by Gasteiger charge is -2.35. The zero-order chi connectivity index (χ0) is 21.9. The third-order valence-electron chi connectivity index (χ3n) is 7.23. The molecule has 1 atom stereocenters. The highest BCUT2D eigenvalue weighted by Gasteiger charge is 2.27. The normalized spacial score (nSPS) is 22.2. The van der Waals surface area contributed by atoms with Gasteiger partial charge >= 0.3 is 5.97 Å². The van der Waals surface area contributed by atoms with Crippen molar-refractivity contribution in [1.82, 2.24) is 9.80 Å². The van der Waals surface area contributed by atoms with Gasteiger partial charge in [-0.3, -0.25) is 4.79 Å². The van der Waals surface area contributed by atoms with Crippen LogP contribution in [-0.2, 0) is 10.5 Å². The van der Waals surface area contributed by atoms with E-state index in [0.29, 0.717) is 6.54 Å². The van der Waals surface area contributed by atoms with Crippen molar-refractivity contribution in [3.8, 4) is 0 Å². The Morgan fingerprint density at radius 3 is 2.47 bits per heavy atom. The highest BCUT2D eigenvalue weighted by atomic mass is 32.2. The summed E-state index contributed by atoms with van der Waals surface area (Å²) in [6, 6.07) is 17.8. The van der Waals surface area contributed by atoms with Gasteiger partial charge in [-0.25, -0.2) is 0 Å². The van der Waals surface area contributed by atoms with E-state index in [1.807, 2.05) is 11.8 Å². The molecule has 2 fully saturated rings. The number of piperidine rings is 2. The fourth-order valence-electron chi connectivity index (χ4n) is 5.41. The van der Waals surface area contributed by atoms with Gasteiger partial charge in [-0.15, -0.1) is 11.8 Å². The number of fused-ring (bicyclic) bond motifs is 2. The topological polar surface area (TPSA) is 43.8 Å². The van der Waals surface area contributed by atoms with Crippen LogP contribution >= 0.6 is 11.8 Å². The number of nitrogens with zero attached hydrogens (tertiary/aromatic N) is 2. The Bertz CT molecular complexity index is 959. The fourth-order valence-corrected chi connectivity index (χ4v) is 6.47. The van der Waals surface area contributed by atoms with Gasteiger partial charge in [0.15, 0.2) is 0 Å². The van der Waals surface area contributed by atoms with Crippen molar-refractivity contribution in [2.24, 2.45) is 5.92 Å². The predicted molar refractivity (Wildman–Crippen MR) is 131 cm³/mol. The third-order valence-corrected chi connectivity index (χ3v) is 8.35.